The fraction of sp³-hybridized carbons (Fsp3) is 0.263. The highest BCUT2D eigenvalue weighted by Crippen LogP contribution is 2.55. The van der Waals surface area contributed by atoms with E-state index in [1.165, 1.54) is 5.57 Å². The standard InChI is InChI=1S/C19H18O3/c1-11-8-15-16-10-14(21)6-7-18(16)22-19(17(15)9-11)12-2-4-13(20)5-3-12/h2-7,10,15,17,19-21H,1,8-9H2/t15-,17-,19-/m0/s1. The first kappa shape index (κ1) is 13.3. The van der Waals surface area contributed by atoms with Gasteiger partial charge in [-0.2, -0.15) is 0 Å². The zero-order valence-corrected chi connectivity index (χ0v) is 12.2. The molecule has 0 spiro atoms. The van der Waals surface area contributed by atoms with Gasteiger partial charge in [0, 0.05) is 11.5 Å². The van der Waals surface area contributed by atoms with Gasteiger partial charge in [-0.3, -0.25) is 0 Å². The predicted molar refractivity (Wildman–Crippen MR) is 84.2 cm³/mol. The van der Waals surface area contributed by atoms with Gasteiger partial charge in [0.2, 0.25) is 0 Å². The van der Waals surface area contributed by atoms with Crippen LogP contribution in [0.3, 0.4) is 0 Å². The Kier molecular flexibility index (Phi) is 2.89. The SMILES string of the molecule is C=C1C[C@H]2[C@@H](C1)c1cc(O)ccc1O[C@H]2c1ccc(O)cc1. The van der Waals surface area contributed by atoms with E-state index < -0.39 is 0 Å². The van der Waals surface area contributed by atoms with E-state index in [1.54, 1.807) is 18.2 Å². The average Bonchev–Trinajstić information content (AvgIpc) is 2.89. The average molecular weight is 294 g/mol. The molecule has 4 rings (SSSR count). The second-order valence-electron chi connectivity index (χ2n) is 6.28. The summed E-state index contributed by atoms with van der Waals surface area (Å²) in [7, 11) is 0. The lowest BCUT2D eigenvalue weighted by Gasteiger charge is -2.36. The molecule has 3 heteroatoms. The van der Waals surface area contributed by atoms with Gasteiger partial charge in [-0.1, -0.05) is 24.3 Å². The van der Waals surface area contributed by atoms with Crippen LogP contribution in [0.15, 0.2) is 54.6 Å². The van der Waals surface area contributed by atoms with E-state index in [1.807, 2.05) is 24.3 Å². The topological polar surface area (TPSA) is 49.7 Å². The normalized spacial score (nSPS) is 26.2. The molecule has 1 heterocycles. The Morgan fingerprint density at radius 1 is 0.955 bits per heavy atom. The number of ether oxygens (including phenoxy) is 1. The summed E-state index contributed by atoms with van der Waals surface area (Å²) < 4.78 is 6.24. The number of hydrogen-bond acceptors (Lipinski definition) is 3. The van der Waals surface area contributed by atoms with Crippen molar-refractivity contribution < 1.29 is 14.9 Å². The van der Waals surface area contributed by atoms with Crippen LogP contribution >= 0.6 is 0 Å². The maximum Gasteiger partial charge on any atom is 0.127 e. The van der Waals surface area contributed by atoms with Crippen molar-refractivity contribution in [2.45, 2.75) is 24.9 Å². The van der Waals surface area contributed by atoms with Crippen molar-refractivity contribution in [1.29, 1.82) is 0 Å². The highest BCUT2D eigenvalue weighted by molar-refractivity contribution is 5.47. The maximum absolute atomic E-state index is 9.78. The van der Waals surface area contributed by atoms with E-state index in [-0.39, 0.29) is 17.6 Å². The quantitative estimate of drug-likeness (QED) is 0.772. The molecule has 1 fully saturated rings. The molecule has 2 aliphatic rings. The summed E-state index contributed by atoms with van der Waals surface area (Å²) >= 11 is 0. The first-order valence-corrected chi connectivity index (χ1v) is 7.57. The molecule has 0 aromatic heterocycles. The van der Waals surface area contributed by atoms with Crippen molar-refractivity contribution >= 4 is 0 Å². The van der Waals surface area contributed by atoms with Crippen molar-refractivity contribution in [2.24, 2.45) is 5.92 Å². The minimum atomic E-state index is -0.0399. The van der Waals surface area contributed by atoms with Gasteiger partial charge in [-0.05, 0) is 54.7 Å². The molecular formula is C19H18O3. The van der Waals surface area contributed by atoms with Gasteiger partial charge < -0.3 is 14.9 Å². The van der Waals surface area contributed by atoms with Crippen molar-refractivity contribution in [3.8, 4) is 17.2 Å². The Bertz CT molecular complexity index is 733. The smallest absolute Gasteiger partial charge is 0.127 e. The zero-order chi connectivity index (χ0) is 15.3. The van der Waals surface area contributed by atoms with Crippen LogP contribution in [-0.4, -0.2) is 10.2 Å². The lowest BCUT2D eigenvalue weighted by molar-refractivity contribution is 0.105. The van der Waals surface area contributed by atoms with E-state index >= 15 is 0 Å². The van der Waals surface area contributed by atoms with Crippen LogP contribution in [0, 0.1) is 5.92 Å². The Morgan fingerprint density at radius 3 is 2.45 bits per heavy atom. The summed E-state index contributed by atoms with van der Waals surface area (Å²) in [6.07, 6.45) is 1.84. The first-order valence-electron chi connectivity index (χ1n) is 7.57. The largest absolute Gasteiger partial charge is 0.508 e. The molecule has 0 amide bonds. The second kappa shape index (κ2) is 4.80. The molecule has 1 saturated carbocycles. The molecule has 2 aromatic carbocycles. The first-order chi connectivity index (χ1) is 10.6. The summed E-state index contributed by atoms with van der Waals surface area (Å²) in [4.78, 5) is 0. The molecule has 0 unspecified atom stereocenters. The van der Waals surface area contributed by atoms with Gasteiger partial charge in [0.15, 0.2) is 0 Å². The Labute approximate surface area is 129 Å². The van der Waals surface area contributed by atoms with Gasteiger partial charge in [-0.25, -0.2) is 0 Å². The number of phenols is 2. The Balaban J connectivity index is 1.79. The van der Waals surface area contributed by atoms with E-state index in [0.717, 1.165) is 29.7 Å². The monoisotopic (exact) mass is 294 g/mol. The molecule has 22 heavy (non-hydrogen) atoms. The van der Waals surface area contributed by atoms with Crippen LogP contribution in [0.1, 0.15) is 36.0 Å². The number of phenolic OH excluding ortho intramolecular Hbond substituents is 2. The van der Waals surface area contributed by atoms with Crippen LogP contribution in [0.25, 0.3) is 0 Å². The van der Waals surface area contributed by atoms with Gasteiger partial charge in [0.25, 0.3) is 0 Å². The predicted octanol–water partition coefficient (Wildman–Crippen LogP) is 4.28. The molecule has 0 bridgehead atoms. The van der Waals surface area contributed by atoms with E-state index in [4.69, 9.17) is 4.74 Å². The molecule has 3 atom stereocenters. The van der Waals surface area contributed by atoms with Gasteiger partial charge in [0.1, 0.15) is 23.4 Å². The zero-order valence-electron chi connectivity index (χ0n) is 12.2. The minimum Gasteiger partial charge on any atom is -0.508 e. The lowest BCUT2D eigenvalue weighted by Crippen LogP contribution is -2.26. The molecule has 0 radical (unpaired) electrons. The summed E-state index contributed by atoms with van der Waals surface area (Å²) in [6.45, 7) is 4.16. The highest BCUT2D eigenvalue weighted by Gasteiger charge is 2.43. The molecule has 112 valence electrons. The summed E-state index contributed by atoms with van der Waals surface area (Å²) in [6, 6.07) is 12.6. The third-order valence-electron chi connectivity index (χ3n) is 4.81. The van der Waals surface area contributed by atoms with Crippen molar-refractivity contribution in [3.05, 3.63) is 65.7 Å². The molecule has 1 aliphatic carbocycles. The van der Waals surface area contributed by atoms with Crippen molar-refractivity contribution in [2.75, 3.05) is 0 Å². The van der Waals surface area contributed by atoms with Crippen LogP contribution in [-0.2, 0) is 0 Å². The van der Waals surface area contributed by atoms with Crippen LogP contribution < -0.4 is 4.74 Å². The van der Waals surface area contributed by atoms with Crippen LogP contribution in [0.5, 0.6) is 17.2 Å². The fourth-order valence-corrected chi connectivity index (χ4v) is 3.82. The molecular weight excluding hydrogens is 276 g/mol. The minimum absolute atomic E-state index is 0.0399. The van der Waals surface area contributed by atoms with Gasteiger partial charge in [-0.15, -0.1) is 0 Å². The molecule has 0 saturated heterocycles. The molecule has 2 aromatic rings. The molecule has 2 N–H and O–H groups in total. The molecule has 1 aliphatic heterocycles. The number of aromatic hydroxyl groups is 2. The van der Waals surface area contributed by atoms with Crippen LogP contribution in [0.4, 0.5) is 0 Å². The third kappa shape index (κ3) is 2.05. The second-order valence-corrected chi connectivity index (χ2v) is 6.28. The van der Waals surface area contributed by atoms with E-state index in [2.05, 4.69) is 6.58 Å². The highest BCUT2D eigenvalue weighted by atomic mass is 16.5. The van der Waals surface area contributed by atoms with Crippen molar-refractivity contribution in [1.82, 2.24) is 0 Å². The van der Waals surface area contributed by atoms with E-state index in [9.17, 15) is 10.2 Å². The lowest BCUT2D eigenvalue weighted by atomic mass is 9.80. The fourth-order valence-electron chi connectivity index (χ4n) is 3.82. The maximum atomic E-state index is 9.78. The van der Waals surface area contributed by atoms with Crippen LogP contribution in [0.2, 0.25) is 0 Å². The number of hydrogen-bond donors (Lipinski definition) is 2. The number of fused-ring (bicyclic) bond motifs is 3. The summed E-state index contributed by atoms with van der Waals surface area (Å²) in [5.41, 5.74) is 3.39. The Hall–Kier alpha value is -2.42. The van der Waals surface area contributed by atoms with E-state index in [0.29, 0.717) is 11.8 Å². The van der Waals surface area contributed by atoms with Gasteiger partial charge in [0.05, 0.1) is 0 Å². The summed E-state index contributed by atoms with van der Waals surface area (Å²) in [5.74, 6) is 2.04. The third-order valence-corrected chi connectivity index (χ3v) is 4.81. The van der Waals surface area contributed by atoms with Crippen molar-refractivity contribution in [3.63, 3.8) is 0 Å². The Morgan fingerprint density at radius 2 is 1.68 bits per heavy atom. The molecule has 3 nitrogen and oxygen atoms in total. The number of rotatable bonds is 1. The summed E-state index contributed by atoms with van der Waals surface area (Å²) in [5, 5.41) is 19.3. The number of benzene rings is 2. The number of allylic oxidation sites excluding steroid dienone is 1. The van der Waals surface area contributed by atoms with Gasteiger partial charge >= 0.3 is 0 Å².